The Morgan fingerprint density at radius 3 is 1.53 bits per heavy atom. The van der Waals surface area contributed by atoms with Crippen LogP contribution in [0.15, 0.2) is 116 Å². The van der Waals surface area contributed by atoms with Crippen LogP contribution >= 0.6 is 0 Å². The van der Waals surface area contributed by atoms with Gasteiger partial charge in [-0.3, -0.25) is 5.43 Å². The highest BCUT2D eigenvalue weighted by Gasteiger charge is 2.26. The van der Waals surface area contributed by atoms with Gasteiger partial charge in [-0.1, -0.05) is 66.8 Å². The van der Waals surface area contributed by atoms with Crippen LogP contribution in [-0.2, 0) is 19.3 Å². The average molecular weight is 421 g/mol. The summed E-state index contributed by atoms with van der Waals surface area (Å²) in [7, 11) is 0. The molecule has 4 rings (SSSR count). The topological polar surface area (TPSA) is 30.9 Å². The molecular formula is C28H28N4. The molecule has 0 spiro atoms. The van der Waals surface area contributed by atoms with Crippen molar-refractivity contribution in [2.24, 2.45) is 5.10 Å². The molecule has 0 aromatic heterocycles. The average Bonchev–Trinajstić information content (AvgIpc) is 3.27. The summed E-state index contributed by atoms with van der Waals surface area (Å²) >= 11 is 0. The third-order valence-corrected chi connectivity index (χ3v) is 5.31. The SMILES string of the molecule is C=CCc1ccc(C2=NN(c3ccc(CC=C)cc3)N(c3ccc(CC=C)cc3)N2)cc1. The van der Waals surface area contributed by atoms with E-state index < -0.39 is 0 Å². The number of benzene rings is 3. The number of hydrogen-bond acceptors (Lipinski definition) is 4. The van der Waals surface area contributed by atoms with Crippen LogP contribution in [0.3, 0.4) is 0 Å². The first-order chi connectivity index (χ1) is 15.7. The molecule has 4 heteroatoms. The van der Waals surface area contributed by atoms with E-state index in [2.05, 4.69) is 98.0 Å². The first-order valence-corrected chi connectivity index (χ1v) is 10.8. The second-order valence-electron chi connectivity index (χ2n) is 7.67. The van der Waals surface area contributed by atoms with E-state index in [9.17, 15) is 0 Å². The van der Waals surface area contributed by atoms with Gasteiger partial charge in [-0.25, -0.2) is 0 Å². The van der Waals surface area contributed by atoms with Crippen LogP contribution in [0, 0.1) is 0 Å². The van der Waals surface area contributed by atoms with Crippen LogP contribution in [-0.4, -0.2) is 5.84 Å². The molecule has 0 atom stereocenters. The molecule has 0 saturated heterocycles. The molecule has 0 fully saturated rings. The van der Waals surface area contributed by atoms with Crippen LogP contribution < -0.4 is 15.7 Å². The number of hydrazone groups is 1. The maximum Gasteiger partial charge on any atom is 0.176 e. The van der Waals surface area contributed by atoms with Gasteiger partial charge >= 0.3 is 0 Å². The van der Waals surface area contributed by atoms with E-state index in [4.69, 9.17) is 5.10 Å². The van der Waals surface area contributed by atoms with E-state index in [1.54, 1.807) is 0 Å². The maximum absolute atomic E-state index is 4.90. The highest BCUT2D eigenvalue weighted by atomic mass is 15.9. The summed E-state index contributed by atoms with van der Waals surface area (Å²) in [6, 6.07) is 25.2. The number of allylic oxidation sites excluding steroid dienone is 3. The van der Waals surface area contributed by atoms with Crippen LogP contribution in [0.1, 0.15) is 22.3 Å². The van der Waals surface area contributed by atoms with Crippen molar-refractivity contribution in [1.29, 1.82) is 0 Å². The molecule has 160 valence electrons. The molecule has 0 amide bonds. The maximum atomic E-state index is 4.90. The van der Waals surface area contributed by atoms with Gasteiger partial charge in [0, 0.05) is 5.56 Å². The van der Waals surface area contributed by atoms with Gasteiger partial charge in [0.15, 0.2) is 5.84 Å². The summed E-state index contributed by atoms with van der Waals surface area (Å²) < 4.78 is 0. The van der Waals surface area contributed by atoms with E-state index in [0.717, 1.165) is 42.0 Å². The van der Waals surface area contributed by atoms with Gasteiger partial charge in [-0.05, 0) is 60.2 Å². The zero-order valence-electron chi connectivity index (χ0n) is 18.2. The van der Waals surface area contributed by atoms with Crippen molar-refractivity contribution in [2.75, 3.05) is 10.2 Å². The third-order valence-electron chi connectivity index (χ3n) is 5.31. The van der Waals surface area contributed by atoms with Gasteiger partial charge in [0.05, 0.1) is 11.4 Å². The van der Waals surface area contributed by atoms with Crippen molar-refractivity contribution in [1.82, 2.24) is 5.43 Å². The fraction of sp³-hybridized carbons (Fsp3) is 0.107. The van der Waals surface area contributed by atoms with Crippen LogP contribution in [0.5, 0.6) is 0 Å². The summed E-state index contributed by atoms with van der Waals surface area (Å²) in [4.78, 5) is 0. The summed E-state index contributed by atoms with van der Waals surface area (Å²) in [5, 5.41) is 8.77. The Balaban J connectivity index is 1.66. The minimum Gasteiger partial charge on any atom is -0.259 e. The fourth-order valence-corrected chi connectivity index (χ4v) is 3.62. The quantitative estimate of drug-likeness (QED) is 0.432. The van der Waals surface area contributed by atoms with Crippen molar-refractivity contribution in [3.63, 3.8) is 0 Å². The van der Waals surface area contributed by atoms with E-state index in [1.807, 2.05) is 28.5 Å². The van der Waals surface area contributed by atoms with Gasteiger partial charge in [0.25, 0.3) is 0 Å². The van der Waals surface area contributed by atoms with Gasteiger partial charge in [0.2, 0.25) is 0 Å². The summed E-state index contributed by atoms with van der Waals surface area (Å²) in [6.07, 6.45) is 8.29. The number of anilines is 2. The van der Waals surface area contributed by atoms with Crippen LogP contribution in [0.2, 0.25) is 0 Å². The lowest BCUT2D eigenvalue weighted by Crippen LogP contribution is -2.44. The molecule has 0 radical (unpaired) electrons. The fourth-order valence-electron chi connectivity index (χ4n) is 3.62. The molecule has 0 aliphatic carbocycles. The van der Waals surface area contributed by atoms with E-state index in [1.165, 1.54) is 16.7 Å². The molecule has 0 bridgehead atoms. The highest BCUT2D eigenvalue weighted by molar-refractivity contribution is 6.02. The lowest BCUT2D eigenvalue weighted by molar-refractivity contribution is 0.770. The Kier molecular flexibility index (Phi) is 6.52. The van der Waals surface area contributed by atoms with Crippen LogP contribution in [0.4, 0.5) is 11.4 Å². The molecule has 1 aliphatic rings. The van der Waals surface area contributed by atoms with Crippen molar-refractivity contribution in [3.05, 3.63) is 133 Å². The van der Waals surface area contributed by atoms with Gasteiger partial charge in [0.1, 0.15) is 0 Å². The summed E-state index contributed by atoms with van der Waals surface area (Å²) in [5.74, 6) is 0.792. The monoisotopic (exact) mass is 420 g/mol. The van der Waals surface area contributed by atoms with E-state index in [-0.39, 0.29) is 0 Å². The molecule has 1 N–H and O–H groups in total. The number of rotatable bonds is 9. The standard InChI is InChI=1S/C28H28N4/c1-4-7-22-10-16-25(17-11-22)28-29-31(26-18-12-23(8-5-2)13-19-26)32(30-28)27-20-14-24(9-6-3)15-21-27/h4-6,10-21H,1-3,7-9H2,(H,29,30). The normalized spacial score (nSPS) is 12.8. The van der Waals surface area contributed by atoms with Gasteiger partial charge in [-0.15, -0.1) is 24.8 Å². The Bertz CT molecular complexity index is 1110. The molecule has 0 saturated carbocycles. The lowest BCUT2D eigenvalue weighted by Gasteiger charge is -2.28. The molecule has 3 aromatic rings. The molecule has 1 aliphatic heterocycles. The molecule has 3 aromatic carbocycles. The molecule has 32 heavy (non-hydrogen) atoms. The van der Waals surface area contributed by atoms with Crippen molar-refractivity contribution < 1.29 is 0 Å². The Hall–Kier alpha value is -4.05. The van der Waals surface area contributed by atoms with Gasteiger partial charge < -0.3 is 0 Å². The second-order valence-corrected chi connectivity index (χ2v) is 7.67. The van der Waals surface area contributed by atoms with Crippen molar-refractivity contribution in [3.8, 4) is 0 Å². The minimum atomic E-state index is 0.792. The van der Waals surface area contributed by atoms with Gasteiger partial charge in [-0.2, -0.15) is 10.2 Å². The molecule has 0 unspecified atom stereocenters. The van der Waals surface area contributed by atoms with Crippen molar-refractivity contribution >= 4 is 17.2 Å². The number of hydrogen-bond donors (Lipinski definition) is 1. The van der Waals surface area contributed by atoms with E-state index in [0.29, 0.717) is 0 Å². The smallest absolute Gasteiger partial charge is 0.176 e. The first kappa shape index (κ1) is 21.2. The Morgan fingerprint density at radius 1 is 0.625 bits per heavy atom. The summed E-state index contributed by atoms with van der Waals surface area (Å²) in [5.41, 5.74) is 10.1. The highest BCUT2D eigenvalue weighted by Crippen LogP contribution is 2.27. The molecular weight excluding hydrogens is 392 g/mol. The largest absolute Gasteiger partial charge is 0.259 e. The lowest BCUT2D eigenvalue weighted by atomic mass is 10.1. The zero-order valence-corrected chi connectivity index (χ0v) is 18.2. The Labute approximate surface area is 190 Å². The second kappa shape index (κ2) is 9.84. The predicted molar refractivity (Wildman–Crippen MR) is 136 cm³/mol. The number of amidine groups is 1. The minimum absolute atomic E-state index is 0.792. The van der Waals surface area contributed by atoms with Crippen LogP contribution in [0.25, 0.3) is 0 Å². The summed E-state index contributed by atoms with van der Waals surface area (Å²) in [6.45, 7) is 11.5. The Morgan fingerprint density at radius 2 is 1.06 bits per heavy atom. The molecule has 4 nitrogen and oxygen atoms in total. The molecule has 1 heterocycles. The first-order valence-electron chi connectivity index (χ1n) is 10.8. The number of nitrogens with zero attached hydrogens (tertiary/aromatic N) is 3. The predicted octanol–water partition coefficient (Wildman–Crippen LogP) is 5.98. The van der Waals surface area contributed by atoms with Crippen molar-refractivity contribution in [2.45, 2.75) is 19.3 Å². The number of nitrogens with one attached hydrogen (secondary N) is 1. The van der Waals surface area contributed by atoms with E-state index >= 15 is 0 Å². The number of hydrazine groups is 2. The zero-order chi connectivity index (χ0) is 22.3. The third kappa shape index (κ3) is 4.65.